The van der Waals surface area contributed by atoms with E-state index in [1.54, 1.807) is 24.3 Å². The van der Waals surface area contributed by atoms with Crippen LogP contribution >= 0.6 is 0 Å². The van der Waals surface area contributed by atoms with Gasteiger partial charge >= 0.3 is 0 Å². The summed E-state index contributed by atoms with van der Waals surface area (Å²) in [6, 6.07) is 14.6. The average molecular weight is 499 g/mol. The Labute approximate surface area is 207 Å². The molecule has 9 nitrogen and oxygen atoms in total. The first kappa shape index (κ1) is 25.3. The average Bonchev–Trinajstić information content (AvgIpc) is 2.86. The summed E-state index contributed by atoms with van der Waals surface area (Å²) in [5.41, 5.74) is 0.909. The van der Waals surface area contributed by atoms with Crippen LogP contribution in [-0.4, -0.2) is 93.0 Å². The minimum absolute atomic E-state index is 0.258. The summed E-state index contributed by atoms with van der Waals surface area (Å²) in [5.74, 6) is 2.12. The van der Waals surface area contributed by atoms with Gasteiger partial charge in [-0.1, -0.05) is 18.2 Å². The number of benzene rings is 2. The maximum Gasteiger partial charge on any atom is 0.243 e. The van der Waals surface area contributed by atoms with Crippen molar-refractivity contribution in [1.29, 1.82) is 0 Å². The van der Waals surface area contributed by atoms with Crippen molar-refractivity contribution in [3.05, 3.63) is 54.4 Å². The summed E-state index contributed by atoms with van der Waals surface area (Å²) in [6.07, 6.45) is 1.02. The highest BCUT2D eigenvalue weighted by Crippen LogP contribution is 2.23. The lowest BCUT2D eigenvalue weighted by molar-refractivity contribution is 0.178. The Morgan fingerprint density at radius 3 is 2.54 bits per heavy atom. The van der Waals surface area contributed by atoms with Crippen molar-refractivity contribution >= 4 is 26.7 Å². The van der Waals surface area contributed by atoms with Crippen LogP contribution in [0.3, 0.4) is 0 Å². The number of hydrogen-bond acceptors (Lipinski definition) is 8. The molecule has 1 aromatic heterocycles. The van der Waals surface area contributed by atoms with Gasteiger partial charge in [0.15, 0.2) is 0 Å². The predicted octanol–water partition coefficient (Wildman–Crippen LogP) is 2.51. The van der Waals surface area contributed by atoms with Gasteiger partial charge in [-0.3, -0.25) is 4.90 Å². The van der Waals surface area contributed by atoms with Crippen LogP contribution in [0.1, 0.15) is 12.2 Å². The van der Waals surface area contributed by atoms with Gasteiger partial charge in [0.25, 0.3) is 0 Å². The molecule has 4 rings (SSSR count). The molecule has 0 unspecified atom stereocenters. The maximum absolute atomic E-state index is 13.1. The Kier molecular flexibility index (Phi) is 8.17. The van der Waals surface area contributed by atoms with Gasteiger partial charge in [-0.25, -0.2) is 18.4 Å². The second kappa shape index (κ2) is 11.3. The number of para-hydroxylation sites is 1. The van der Waals surface area contributed by atoms with Crippen LogP contribution in [-0.2, 0) is 16.6 Å². The first-order valence-electron chi connectivity index (χ1n) is 11.9. The van der Waals surface area contributed by atoms with Crippen LogP contribution in [0.4, 0.5) is 5.82 Å². The van der Waals surface area contributed by atoms with E-state index in [4.69, 9.17) is 14.7 Å². The highest BCUT2D eigenvalue weighted by Gasteiger charge is 2.29. The molecule has 1 aliphatic rings. The SMILES string of the molecule is COc1cccc(S(=O)(=O)N2CCN(Cc3nc(NCCCN(C)C)c4ccccc4n3)CC2)c1. The summed E-state index contributed by atoms with van der Waals surface area (Å²) in [4.78, 5) is 14.2. The molecule has 0 spiro atoms. The topological polar surface area (TPSA) is 90.9 Å². The largest absolute Gasteiger partial charge is 0.497 e. The van der Waals surface area contributed by atoms with E-state index in [1.165, 1.54) is 11.4 Å². The fraction of sp³-hybridized carbons (Fsp3) is 0.440. The Morgan fingerprint density at radius 2 is 1.80 bits per heavy atom. The van der Waals surface area contributed by atoms with Gasteiger partial charge < -0.3 is 15.0 Å². The third-order valence-corrected chi connectivity index (χ3v) is 7.99. The number of piperazine rings is 1. The number of nitrogens with one attached hydrogen (secondary N) is 1. The van der Waals surface area contributed by atoms with Gasteiger partial charge in [0, 0.05) is 44.2 Å². The van der Waals surface area contributed by atoms with Gasteiger partial charge in [0.2, 0.25) is 10.0 Å². The van der Waals surface area contributed by atoms with Crippen molar-refractivity contribution in [2.75, 3.05) is 65.8 Å². The van der Waals surface area contributed by atoms with E-state index in [1.807, 2.05) is 24.3 Å². The van der Waals surface area contributed by atoms with E-state index >= 15 is 0 Å². The number of aromatic nitrogens is 2. The lowest BCUT2D eigenvalue weighted by Gasteiger charge is -2.33. The summed E-state index contributed by atoms with van der Waals surface area (Å²) in [6.45, 7) is 4.48. The Bertz CT molecular complexity index is 1240. The molecule has 1 fully saturated rings. The molecule has 0 atom stereocenters. The summed E-state index contributed by atoms with van der Waals surface area (Å²) in [7, 11) is 2.11. The first-order valence-corrected chi connectivity index (χ1v) is 13.3. The summed E-state index contributed by atoms with van der Waals surface area (Å²) >= 11 is 0. The van der Waals surface area contributed by atoms with E-state index in [0.29, 0.717) is 38.5 Å². The van der Waals surface area contributed by atoms with Gasteiger partial charge in [0.1, 0.15) is 17.4 Å². The summed E-state index contributed by atoms with van der Waals surface area (Å²) in [5, 5.41) is 4.49. The minimum atomic E-state index is -3.56. The third-order valence-electron chi connectivity index (χ3n) is 6.10. The van der Waals surface area contributed by atoms with E-state index in [2.05, 4.69) is 29.2 Å². The number of sulfonamides is 1. The molecule has 0 saturated carbocycles. The van der Waals surface area contributed by atoms with Crippen molar-refractivity contribution in [1.82, 2.24) is 24.1 Å². The molecule has 2 aromatic carbocycles. The van der Waals surface area contributed by atoms with Gasteiger partial charge in [-0.2, -0.15) is 4.31 Å². The molecule has 1 N–H and O–H groups in total. The van der Waals surface area contributed by atoms with Gasteiger partial charge in [-0.05, 0) is 51.3 Å². The molecule has 0 amide bonds. The highest BCUT2D eigenvalue weighted by molar-refractivity contribution is 7.89. The normalized spacial score (nSPS) is 15.5. The molecule has 3 aromatic rings. The molecule has 1 saturated heterocycles. The van der Waals surface area contributed by atoms with Gasteiger partial charge in [-0.15, -0.1) is 0 Å². The van der Waals surface area contributed by atoms with Crippen LogP contribution in [0.15, 0.2) is 53.4 Å². The number of anilines is 1. The summed E-state index contributed by atoms with van der Waals surface area (Å²) < 4.78 is 32.9. The molecule has 0 bridgehead atoms. The van der Waals surface area contributed by atoms with E-state index in [9.17, 15) is 8.42 Å². The number of rotatable bonds is 10. The standard InChI is InChI=1S/C25H34N6O3S/c1-29(2)13-7-12-26-25-22-10-4-5-11-23(22)27-24(28-25)19-30-14-16-31(17-15-30)35(32,33)21-9-6-8-20(18-21)34-3/h4-6,8-11,18H,7,12-17,19H2,1-3H3,(H,26,27,28). The zero-order valence-corrected chi connectivity index (χ0v) is 21.5. The molecular weight excluding hydrogens is 464 g/mol. The van der Waals surface area contributed by atoms with E-state index in [0.717, 1.165) is 42.1 Å². The zero-order chi connectivity index (χ0) is 24.8. The minimum Gasteiger partial charge on any atom is -0.497 e. The number of hydrogen-bond donors (Lipinski definition) is 1. The Hall–Kier alpha value is -2.79. The highest BCUT2D eigenvalue weighted by atomic mass is 32.2. The third kappa shape index (κ3) is 6.26. The molecule has 2 heterocycles. The van der Waals surface area contributed by atoms with Crippen LogP contribution < -0.4 is 10.1 Å². The molecule has 0 radical (unpaired) electrons. The van der Waals surface area contributed by atoms with E-state index < -0.39 is 10.0 Å². The Morgan fingerprint density at radius 1 is 1.03 bits per heavy atom. The lowest BCUT2D eigenvalue weighted by atomic mass is 10.2. The van der Waals surface area contributed by atoms with Crippen molar-refractivity contribution in [2.24, 2.45) is 0 Å². The Balaban J connectivity index is 1.42. The fourth-order valence-corrected chi connectivity index (χ4v) is 5.63. The van der Waals surface area contributed by atoms with Crippen LogP contribution in [0.5, 0.6) is 5.75 Å². The van der Waals surface area contributed by atoms with Crippen LogP contribution in [0, 0.1) is 0 Å². The maximum atomic E-state index is 13.1. The zero-order valence-electron chi connectivity index (χ0n) is 20.6. The van der Waals surface area contributed by atoms with Crippen molar-refractivity contribution < 1.29 is 13.2 Å². The second-order valence-corrected chi connectivity index (χ2v) is 10.9. The molecule has 10 heteroatoms. The van der Waals surface area contributed by atoms with Gasteiger partial charge in [0.05, 0.1) is 24.1 Å². The quantitative estimate of drug-likeness (QED) is 0.427. The van der Waals surface area contributed by atoms with Crippen LogP contribution in [0.25, 0.3) is 10.9 Å². The monoisotopic (exact) mass is 498 g/mol. The van der Waals surface area contributed by atoms with Crippen molar-refractivity contribution in [3.63, 3.8) is 0 Å². The number of nitrogens with zero attached hydrogens (tertiary/aromatic N) is 5. The molecule has 0 aliphatic carbocycles. The van der Waals surface area contributed by atoms with Crippen molar-refractivity contribution in [3.8, 4) is 5.75 Å². The fourth-order valence-electron chi connectivity index (χ4n) is 4.17. The molecular formula is C25H34N6O3S. The lowest BCUT2D eigenvalue weighted by Crippen LogP contribution is -2.48. The number of ether oxygens (including phenoxy) is 1. The number of fused-ring (bicyclic) bond motifs is 1. The second-order valence-electron chi connectivity index (χ2n) is 8.95. The van der Waals surface area contributed by atoms with Crippen molar-refractivity contribution in [2.45, 2.75) is 17.9 Å². The number of methoxy groups -OCH3 is 1. The molecule has 1 aliphatic heterocycles. The first-order chi connectivity index (χ1) is 16.9. The van der Waals surface area contributed by atoms with E-state index in [-0.39, 0.29) is 4.90 Å². The smallest absolute Gasteiger partial charge is 0.243 e. The molecule has 35 heavy (non-hydrogen) atoms. The predicted molar refractivity (Wildman–Crippen MR) is 138 cm³/mol. The van der Waals surface area contributed by atoms with Crippen LogP contribution in [0.2, 0.25) is 0 Å². The molecule has 188 valence electrons.